The van der Waals surface area contributed by atoms with E-state index in [4.69, 9.17) is 15.2 Å². The number of nitrogens with two attached hydrogens (primary N) is 1. The van der Waals surface area contributed by atoms with Crippen LogP contribution in [0.15, 0.2) is 30.5 Å². The zero-order valence-corrected chi connectivity index (χ0v) is 15.2. The Bertz CT molecular complexity index is 986. The van der Waals surface area contributed by atoms with E-state index >= 15 is 0 Å². The third-order valence-electron chi connectivity index (χ3n) is 3.97. The molecular weight excluding hydrogens is 352 g/mol. The average Bonchev–Trinajstić information content (AvgIpc) is 2.99. The number of thiazole rings is 1. The van der Waals surface area contributed by atoms with Crippen LogP contribution in [0.25, 0.3) is 21.3 Å². The monoisotopic (exact) mass is 370 g/mol. The van der Waals surface area contributed by atoms with Crippen molar-refractivity contribution in [2.45, 2.75) is 20.0 Å². The van der Waals surface area contributed by atoms with Crippen LogP contribution in [0, 0.1) is 0 Å². The second-order valence-electron chi connectivity index (χ2n) is 6.22. The van der Waals surface area contributed by atoms with Gasteiger partial charge in [0.2, 0.25) is 5.88 Å². The van der Waals surface area contributed by atoms with Crippen LogP contribution in [0.5, 0.6) is 5.88 Å². The van der Waals surface area contributed by atoms with Gasteiger partial charge in [0.1, 0.15) is 12.3 Å². The Labute approximate surface area is 154 Å². The fraction of sp³-hybridized carbons (Fsp3) is 0.278. The standard InChI is InChI=1S/C18H18N4O3S/c1-10(2)25-18(23)22-5-6-24-16-14(22)7-12(9-20-16)11-3-4-13-15(8-11)26-17(19)21-13/h3-4,7-10H,5-6H2,1-2H3,(H2,19,21). The van der Waals surface area contributed by atoms with Crippen LogP contribution in [0.4, 0.5) is 15.6 Å². The molecular formula is C18H18N4O3S. The maximum Gasteiger partial charge on any atom is 0.414 e. The highest BCUT2D eigenvalue weighted by Gasteiger charge is 2.27. The number of pyridine rings is 1. The molecule has 0 radical (unpaired) electrons. The molecule has 0 atom stereocenters. The molecule has 8 heteroatoms. The van der Waals surface area contributed by atoms with Crippen molar-refractivity contribution in [2.24, 2.45) is 0 Å². The number of carbonyl (C=O) groups is 1. The van der Waals surface area contributed by atoms with Crippen LogP contribution in [-0.2, 0) is 4.74 Å². The van der Waals surface area contributed by atoms with Crippen molar-refractivity contribution >= 4 is 38.5 Å². The molecule has 0 unspecified atom stereocenters. The van der Waals surface area contributed by atoms with Gasteiger partial charge in [0, 0.05) is 11.8 Å². The van der Waals surface area contributed by atoms with Gasteiger partial charge in [-0.1, -0.05) is 17.4 Å². The third kappa shape index (κ3) is 3.03. The molecule has 1 aromatic carbocycles. The minimum atomic E-state index is -0.394. The Morgan fingerprint density at radius 1 is 1.35 bits per heavy atom. The molecule has 1 aliphatic rings. The largest absolute Gasteiger partial charge is 0.474 e. The smallest absolute Gasteiger partial charge is 0.414 e. The number of nitrogen functional groups attached to an aromatic ring is 1. The van der Waals surface area contributed by atoms with Crippen LogP contribution in [0.1, 0.15) is 13.8 Å². The number of aromatic nitrogens is 2. The van der Waals surface area contributed by atoms with Gasteiger partial charge in [0.15, 0.2) is 5.13 Å². The number of benzene rings is 1. The van der Waals surface area contributed by atoms with Crippen molar-refractivity contribution in [1.82, 2.24) is 9.97 Å². The topological polar surface area (TPSA) is 90.6 Å². The molecule has 4 rings (SSSR count). The fourth-order valence-electron chi connectivity index (χ4n) is 2.83. The third-order valence-corrected chi connectivity index (χ3v) is 4.82. The SMILES string of the molecule is CC(C)OC(=O)N1CCOc2ncc(-c3ccc4nc(N)sc4c3)cc21. The summed E-state index contributed by atoms with van der Waals surface area (Å²) in [7, 11) is 0. The van der Waals surface area contributed by atoms with E-state index < -0.39 is 6.09 Å². The molecule has 3 aromatic rings. The van der Waals surface area contributed by atoms with Crippen LogP contribution in [-0.4, -0.2) is 35.3 Å². The van der Waals surface area contributed by atoms with Gasteiger partial charge < -0.3 is 15.2 Å². The number of anilines is 2. The molecule has 1 amide bonds. The summed E-state index contributed by atoms with van der Waals surface area (Å²) in [5, 5.41) is 0.539. The first-order valence-electron chi connectivity index (χ1n) is 8.28. The lowest BCUT2D eigenvalue weighted by molar-refractivity contribution is 0.120. The Hall–Kier alpha value is -2.87. The van der Waals surface area contributed by atoms with Crippen LogP contribution < -0.4 is 15.4 Å². The van der Waals surface area contributed by atoms with Gasteiger partial charge in [-0.15, -0.1) is 0 Å². The number of amides is 1. The Morgan fingerprint density at radius 2 is 2.19 bits per heavy atom. The second kappa shape index (κ2) is 6.45. The summed E-state index contributed by atoms with van der Waals surface area (Å²) in [5.41, 5.74) is 9.12. The number of hydrogen-bond donors (Lipinski definition) is 1. The summed E-state index contributed by atoms with van der Waals surface area (Å²) in [5.74, 6) is 0.434. The van der Waals surface area contributed by atoms with Crippen molar-refractivity contribution in [3.8, 4) is 17.0 Å². The number of ether oxygens (including phenoxy) is 2. The lowest BCUT2D eigenvalue weighted by atomic mass is 10.1. The molecule has 0 saturated carbocycles. The molecule has 3 heterocycles. The summed E-state index contributed by atoms with van der Waals surface area (Å²) >= 11 is 1.44. The zero-order chi connectivity index (χ0) is 18.3. The molecule has 0 bridgehead atoms. The predicted octanol–water partition coefficient (Wildman–Crippen LogP) is 3.68. The van der Waals surface area contributed by atoms with Gasteiger partial charge in [-0.3, -0.25) is 4.90 Å². The minimum absolute atomic E-state index is 0.191. The molecule has 0 fully saturated rings. The quantitative estimate of drug-likeness (QED) is 0.740. The molecule has 134 valence electrons. The summed E-state index contributed by atoms with van der Waals surface area (Å²) in [6, 6.07) is 7.81. The number of carbonyl (C=O) groups excluding carboxylic acids is 1. The van der Waals surface area contributed by atoms with Crippen molar-refractivity contribution in [3.05, 3.63) is 30.5 Å². The van der Waals surface area contributed by atoms with Crippen molar-refractivity contribution in [1.29, 1.82) is 0 Å². The highest BCUT2D eigenvalue weighted by molar-refractivity contribution is 7.22. The lowest BCUT2D eigenvalue weighted by Crippen LogP contribution is -2.39. The number of hydrogen-bond acceptors (Lipinski definition) is 7. The maximum absolute atomic E-state index is 12.4. The Balaban J connectivity index is 1.73. The molecule has 26 heavy (non-hydrogen) atoms. The zero-order valence-electron chi connectivity index (χ0n) is 14.4. The van der Waals surface area contributed by atoms with Gasteiger partial charge in [0.05, 0.1) is 22.9 Å². The first kappa shape index (κ1) is 16.6. The fourth-order valence-corrected chi connectivity index (χ4v) is 3.61. The molecule has 0 spiro atoms. The highest BCUT2D eigenvalue weighted by Crippen LogP contribution is 2.35. The molecule has 2 aromatic heterocycles. The van der Waals surface area contributed by atoms with Gasteiger partial charge in [0.25, 0.3) is 0 Å². The lowest BCUT2D eigenvalue weighted by Gasteiger charge is -2.29. The van der Waals surface area contributed by atoms with E-state index in [1.807, 2.05) is 38.1 Å². The summed E-state index contributed by atoms with van der Waals surface area (Å²) in [6.45, 7) is 4.46. The van der Waals surface area contributed by atoms with Crippen LogP contribution in [0.2, 0.25) is 0 Å². The van der Waals surface area contributed by atoms with Crippen molar-refractivity contribution < 1.29 is 14.3 Å². The number of rotatable bonds is 2. The van der Waals surface area contributed by atoms with Gasteiger partial charge in [-0.25, -0.2) is 14.8 Å². The Morgan fingerprint density at radius 3 is 3.00 bits per heavy atom. The molecule has 0 aliphatic carbocycles. The van der Waals surface area contributed by atoms with E-state index in [0.29, 0.717) is 29.9 Å². The normalized spacial score (nSPS) is 13.6. The second-order valence-corrected chi connectivity index (χ2v) is 7.28. The van der Waals surface area contributed by atoms with E-state index in [9.17, 15) is 4.79 Å². The van der Waals surface area contributed by atoms with Gasteiger partial charge >= 0.3 is 6.09 Å². The van der Waals surface area contributed by atoms with E-state index in [2.05, 4.69) is 9.97 Å². The van der Waals surface area contributed by atoms with Gasteiger partial charge in [-0.05, 0) is 37.6 Å². The van der Waals surface area contributed by atoms with E-state index in [1.165, 1.54) is 11.3 Å². The first-order chi connectivity index (χ1) is 12.5. The maximum atomic E-state index is 12.4. The van der Waals surface area contributed by atoms with Crippen LogP contribution in [0.3, 0.4) is 0 Å². The van der Waals surface area contributed by atoms with Crippen molar-refractivity contribution in [3.63, 3.8) is 0 Å². The molecule has 7 nitrogen and oxygen atoms in total. The molecule has 2 N–H and O–H groups in total. The summed E-state index contributed by atoms with van der Waals surface area (Å²) in [6.07, 6.45) is 1.15. The number of nitrogens with zero attached hydrogens (tertiary/aromatic N) is 3. The van der Waals surface area contributed by atoms with Gasteiger partial charge in [-0.2, -0.15) is 0 Å². The molecule has 1 aliphatic heterocycles. The number of fused-ring (bicyclic) bond motifs is 2. The Kier molecular flexibility index (Phi) is 4.12. The average molecular weight is 370 g/mol. The highest BCUT2D eigenvalue weighted by atomic mass is 32.1. The predicted molar refractivity (Wildman–Crippen MR) is 102 cm³/mol. The summed E-state index contributed by atoms with van der Waals surface area (Å²) < 4.78 is 11.9. The first-order valence-corrected chi connectivity index (χ1v) is 9.10. The van der Waals surface area contributed by atoms with E-state index in [-0.39, 0.29) is 6.10 Å². The minimum Gasteiger partial charge on any atom is -0.474 e. The van der Waals surface area contributed by atoms with E-state index in [0.717, 1.165) is 21.3 Å². The van der Waals surface area contributed by atoms with Crippen LogP contribution >= 0.6 is 11.3 Å². The summed E-state index contributed by atoms with van der Waals surface area (Å²) in [4.78, 5) is 22.6. The molecule has 0 saturated heterocycles. The van der Waals surface area contributed by atoms with E-state index in [1.54, 1.807) is 11.1 Å². The van der Waals surface area contributed by atoms with Crippen molar-refractivity contribution in [2.75, 3.05) is 23.8 Å².